The summed E-state index contributed by atoms with van der Waals surface area (Å²) in [5.41, 5.74) is 2.71. The molecule has 0 aliphatic rings. The third-order valence-electron chi connectivity index (χ3n) is 2.71. The van der Waals surface area contributed by atoms with Gasteiger partial charge in [0, 0.05) is 27.3 Å². The van der Waals surface area contributed by atoms with Gasteiger partial charge in [0.15, 0.2) is 5.65 Å². The predicted molar refractivity (Wildman–Crippen MR) is 81.5 cm³/mol. The summed E-state index contributed by atoms with van der Waals surface area (Å²) in [6, 6.07) is 0. The summed E-state index contributed by atoms with van der Waals surface area (Å²) in [7, 11) is 0. The second-order valence-corrected chi connectivity index (χ2v) is 5.69. The maximum absolute atomic E-state index is 4.61. The number of thiophene rings is 1. The van der Waals surface area contributed by atoms with Crippen LogP contribution >= 0.6 is 27.3 Å². The number of nitrogens with zero attached hydrogens (tertiary/aromatic N) is 3. The Morgan fingerprint density at radius 3 is 3.00 bits per heavy atom. The molecule has 0 atom stereocenters. The van der Waals surface area contributed by atoms with E-state index >= 15 is 0 Å². The molecule has 3 aromatic heterocycles. The maximum atomic E-state index is 4.61. The molecule has 0 fully saturated rings. The fourth-order valence-corrected chi connectivity index (χ4v) is 3.27. The molecule has 0 amide bonds. The van der Waals surface area contributed by atoms with Crippen molar-refractivity contribution < 1.29 is 0 Å². The molecule has 0 aliphatic heterocycles. The van der Waals surface area contributed by atoms with Crippen molar-refractivity contribution in [1.82, 2.24) is 20.2 Å². The highest BCUT2D eigenvalue weighted by Gasteiger charge is 2.14. The normalized spacial score (nSPS) is 11.1. The fourth-order valence-electron chi connectivity index (χ4n) is 1.81. The standard InChI is InChI=1S/C12H12BrN5S/c1-2-3-14-12-16-10(8-5-19-6-9(8)13)7-4-15-18-11(7)17-12/h4-6H,2-3H2,1H3,(H2,14,15,16,17,18). The van der Waals surface area contributed by atoms with Gasteiger partial charge in [-0.2, -0.15) is 21.4 Å². The van der Waals surface area contributed by atoms with Gasteiger partial charge in [-0.15, -0.1) is 0 Å². The Morgan fingerprint density at radius 1 is 1.37 bits per heavy atom. The first-order valence-corrected chi connectivity index (χ1v) is 7.70. The number of hydrogen-bond acceptors (Lipinski definition) is 5. The number of aromatic amines is 1. The van der Waals surface area contributed by atoms with Gasteiger partial charge in [0.05, 0.1) is 17.3 Å². The van der Waals surface area contributed by atoms with Crippen molar-refractivity contribution in [2.24, 2.45) is 0 Å². The minimum Gasteiger partial charge on any atom is -0.354 e. The van der Waals surface area contributed by atoms with Crippen LogP contribution in [0.4, 0.5) is 5.95 Å². The molecule has 2 N–H and O–H groups in total. The van der Waals surface area contributed by atoms with Gasteiger partial charge in [-0.3, -0.25) is 5.10 Å². The van der Waals surface area contributed by atoms with Crippen molar-refractivity contribution in [3.8, 4) is 11.3 Å². The van der Waals surface area contributed by atoms with Gasteiger partial charge in [-0.1, -0.05) is 6.92 Å². The Balaban J connectivity index is 2.16. The van der Waals surface area contributed by atoms with E-state index in [1.165, 1.54) is 0 Å². The third-order valence-corrected chi connectivity index (χ3v) is 4.42. The lowest BCUT2D eigenvalue weighted by Gasteiger charge is -2.06. The molecule has 5 nitrogen and oxygen atoms in total. The summed E-state index contributed by atoms with van der Waals surface area (Å²) < 4.78 is 1.04. The van der Waals surface area contributed by atoms with E-state index in [4.69, 9.17) is 0 Å². The minimum absolute atomic E-state index is 0.631. The molecule has 0 aliphatic carbocycles. The van der Waals surface area contributed by atoms with Crippen molar-refractivity contribution in [2.45, 2.75) is 13.3 Å². The topological polar surface area (TPSA) is 66.5 Å². The summed E-state index contributed by atoms with van der Waals surface area (Å²) in [5, 5.41) is 15.2. The Hall–Kier alpha value is -1.47. The fraction of sp³-hybridized carbons (Fsp3) is 0.250. The van der Waals surface area contributed by atoms with Gasteiger partial charge < -0.3 is 5.32 Å². The number of hydrogen-bond donors (Lipinski definition) is 2. The average molecular weight is 338 g/mol. The lowest BCUT2D eigenvalue weighted by molar-refractivity contribution is 0.955. The lowest BCUT2D eigenvalue weighted by Crippen LogP contribution is -2.05. The van der Waals surface area contributed by atoms with E-state index in [9.17, 15) is 0 Å². The van der Waals surface area contributed by atoms with Gasteiger partial charge in [-0.05, 0) is 22.4 Å². The summed E-state index contributed by atoms with van der Waals surface area (Å²) in [5.74, 6) is 0.631. The zero-order valence-corrected chi connectivity index (χ0v) is 12.7. The summed E-state index contributed by atoms with van der Waals surface area (Å²) in [6.07, 6.45) is 2.79. The molecule has 0 saturated heterocycles. The molecule has 3 heterocycles. The highest BCUT2D eigenvalue weighted by Crippen LogP contribution is 2.34. The van der Waals surface area contributed by atoms with Gasteiger partial charge >= 0.3 is 0 Å². The summed E-state index contributed by atoms with van der Waals surface area (Å²) in [4.78, 5) is 9.03. The minimum atomic E-state index is 0.631. The average Bonchev–Trinajstić information content (AvgIpc) is 3.03. The Bertz CT molecular complexity index is 705. The van der Waals surface area contributed by atoms with Crippen LogP contribution < -0.4 is 5.32 Å². The molecule has 0 aromatic carbocycles. The highest BCUT2D eigenvalue weighted by molar-refractivity contribution is 9.10. The Labute approximate surface area is 122 Å². The van der Waals surface area contributed by atoms with Crippen LogP contribution in [-0.2, 0) is 0 Å². The molecule has 0 saturated carbocycles. The molecule has 0 spiro atoms. The molecule has 0 radical (unpaired) electrons. The highest BCUT2D eigenvalue weighted by atomic mass is 79.9. The second kappa shape index (κ2) is 5.26. The first kappa shape index (κ1) is 12.6. The zero-order valence-electron chi connectivity index (χ0n) is 10.3. The second-order valence-electron chi connectivity index (χ2n) is 4.09. The molecule has 19 heavy (non-hydrogen) atoms. The van der Waals surface area contributed by atoms with E-state index < -0.39 is 0 Å². The number of H-pyrrole nitrogens is 1. The van der Waals surface area contributed by atoms with Crippen molar-refractivity contribution in [2.75, 3.05) is 11.9 Å². The SMILES string of the molecule is CCCNc1nc(-c2cscc2Br)c2cn[nH]c2n1. The van der Waals surface area contributed by atoms with E-state index in [1.807, 2.05) is 5.38 Å². The van der Waals surface area contributed by atoms with Crippen LogP contribution in [0.5, 0.6) is 0 Å². The van der Waals surface area contributed by atoms with Gasteiger partial charge in [0.2, 0.25) is 5.95 Å². The van der Waals surface area contributed by atoms with Crippen LogP contribution in [0.1, 0.15) is 13.3 Å². The Morgan fingerprint density at radius 2 is 2.26 bits per heavy atom. The van der Waals surface area contributed by atoms with Gasteiger partial charge in [0.1, 0.15) is 0 Å². The first-order valence-electron chi connectivity index (χ1n) is 5.96. The molecule has 7 heteroatoms. The molecular formula is C12H12BrN5S. The van der Waals surface area contributed by atoms with E-state index in [-0.39, 0.29) is 0 Å². The van der Waals surface area contributed by atoms with Gasteiger partial charge in [-0.25, -0.2) is 4.98 Å². The zero-order chi connectivity index (χ0) is 13.2. The van der Waals surface area contributed by atoms with Crippen LogP contribution in [0.2, 0.25) is 0 Å². The largest absolute Gasteiger partial charge is 0.354 e. The van der Waals surface area contributed by atoms with E-state index in [0.717, 1.165) is 39.7 Å². The lowest BCUT2D eigenvalue weighted by atomic mass is 10.2. The predicted octanol–water partition coefficient (Wildman–Crippen LogP) is 3.67. The quantitative estimate of drug-likeness (QED) is 0.762. The van der Waals surface area contributed by atoms with E-state index in [1.54, 1.807) is 17.5 Å². The molecule has 3 rings (SSSR count). The van der Waals surface area contributed by atoms with E-state index in [2.05, 4.69) is 53.7 Å². The number of aromatic nitrogens is 4. The number of rotatable bonds is 4. The molecule has 98 valence electrons. The number of nitrogens with one attached hydrogen (secondary N) is 2. The van der Waals surface area contributed by atoms with E-state index in [0.29, 0.717) is 5.95 Å². The first-order chi connectivity index (χ1) is 9.29. The smallest absolute Gasteiger partial charge is 0.225 e. The number of fused-ring (bicyclic) bond motifs is 1. The monoisotopic (exact) mass is 337 g/mol. The number of halogens is 1. The molecule has 3 aromatic rings. The summed E-state index contributed by atoms with van der Waals surface area (Å²) in [6.45, 7) is 2.96. The third kappa shape index (κ3) is 2.35. The van der Waals surface area contributed by atoms with Crippen LogP contribution in [0, 0.1) is 0 Å². The Kier molecular flexibility index (Phi) is 3.48. The van der Waals surface area contributed by atoms with Crippen molar-refractivity contribution in [1.29, 1.82) is 0 Å². The van der Waals surface area contributed by atoms with Crippen LogP contribution in [0.15, 0.2) is 21.4 Å². The van der Waals surface area contributed by atoms with Crippen LogP contribution in [0.3, 0.4) is 0 Å². The maximum Gasteiger partial charge on any atom is 0.225 e. The molecule has 0 bridgehead atoms. The van der Waals surface area contributed by atoms with Crippen LogP contribution in [0.25, 0.3) is 22.3 Å². The molecular weight excluding hydrogens is 326 g/mol. The van der Waals surface area contributed by atoms with Gasteiger partial charge in [0.25, 0.3) is 0 Å². The number of anilines is 1. The molecule has 0 unspecified atom stereocenters. The van der Waals surface area contributed by atoms with Crippen molar-refractivity contribution >= 4 is 44.2 Å². The summed E-state index contributed by atoms with van der Waals surface area (Å²) >= 11 is 5.19. The van der Waals surface area contributed by atoms with Crippen LogP contribution in [-0.4, -0.2) is 26.7 Å². The van der Waals surface area contributed by atoms with Crippen molar-refractivity contribution in [3.05, 3.63) is 21.4 Å². The van der Waals surface area contributed by atoms with Crippen molar-refractivity contribution in [3.63, 3.8) is 0 Å².